The van der Waals surface area contributed by atoms with Gasteiger partial charge in [-0.15, -0.1) is 5.10 Å². The highest BCUT2D eigenvalue weighted by Gasteiger charge is 2.26. The molecule has 1 aliphatic heterocycles. The van der Waals surface area contributed by atoms with Crippen molar-refractivity contribution in [3.05, 3.63) is 77.4 Å². The van der Waals surface area contributed by atoms with Crippen LogP contribution in [0.25, 0.3) is 5.69 Å². The Labute approximate surface area is 173 Å². The maximum Gasteiger partial charge on any atom is 0.276 e. The molecule has 0 saturated carbocycles. The average Bonchev–Trinajstić information content (AvgIpc) is 3.24. The van der Waals surface area contributed by atoms with Crippen molar-refractivity contribution in [3.63, 3.8) is 0 Å². The number of rotatable bonds is 4. The molecule has 0 aliphatic carbocycles. The van der Waals surface area contributed by atoms with Crippen LogP contribution in [-0.4, -0.2) is 50.8 Å². The third kappa shape index (κ3) is 4.37. The van der Waals surface area contributed by atoms with Crippen LogP contribution in [0.3, 0.4) is 0 Å². The molecule has 0 spiro atoms. The molecule has 2 aromatic carbocycles. The van der Waals surface area contributed by atoms with Gasteiger partial charge in [0.05, 0.1) is 11.9 Å². The Kier molecular flexibility index (Phi) is 5.56. The van der Waals surface area contributed by atoms with Crippen molar-refractivity contribution in [2.24, 2.45) is 0 Å². The summed E-state index contributed by atoms with van der Waals surface area (Å²) < 4.78 is 14.9. The minimum Gasteiger partial charge on any atom is -0.349 e. The summed E-state index contributed by atoms with van der Waals surface area (Å²) in [6, 6.07) is 13.3. The summed E-state index contributed by atoms with van der Waals surface area (Å²) in [4.78, 5) is 26.8. The Hall–Kier alpha value is -3.55. The molecule has 1 aromatic heterocycles. The Morgan fingerprint density at radius 3 is 2.53 bits per heavy atom. The molecule has 8 heteroatoms. The molecule has 1 aliphatic rings. The quantitative estimate of drug-likeness (QED) is 0.721. The molecule has 2 amide bonds. The van der Waals surface area contributed by atoms with Crippen LogP contribution in [0.1, 0.15) is 39.3 Å². The lowest BCUT2D eigenvalue weighted by molar-refractivity contribution is 0.0692. The first-order chi connectivity index (χ1) is 14.5. The highest BCUT2D eigenvalue weighted by Crippen LogP contribution is 2.15. The van der Waals surface area contributed by atoms with Gasteiger partial charge in [-0.3, -0.25) is 9.59 Å². The smallest absolute Gasteiger partial charge is 0.276 e. The summed E-state index contributed by atoms with van der Waals surface area (Å²) in [7, 11) is 0. The van der Waals surface area contributed by atoms with Crippen molar-refractivity contribution in [1.82, 2.24) is 25.2 Å². The zero-order chi connectivity index (χ0) is 21.1. The molecule has 1 fully saturated rings. The summed E-state index contributed by atoms with van der Waals surface area (Å²) in [5, 5.41) is 11.0. The van der Waals surface area contributed by atoms with E-state index >= 15 is 0 Å². The lowest BCUT2D eigenvalue weighted by Gasteiger charge is -2.31. The van der Waals surface area contributed by atoms with E-state index in [4.69, 9.17) is 0 Å². The number of aryl methyl sites for hydroxylation is 1. The van der Waals surface area contributed by atoms with E-state index in [9.17, 15) is 14.0 Å². The maximum atomic E-state index is 13.3. The van der Waals surface area contributed by atoms with Gasteiger partial charge in [-0.1, -0.05) is 29.0 Å². The van der Waals surface area contributed by atoms with Crippen molar-refractivity contribution in [1.29, 1.82) is 0 Å². The van der Waals surface area contributed by atoms with Gasteiger partial charge in [-0.2, -0.15) is 0 Å². The van der Waals surface area contributed by atoms with Crippen LogP contribution in [-0.2, 0) is 0 Å². The first kappa shape index (κ1) is 19.8. The summed E-state index contributed by atoms with van der Waals surface area (Å²) in [5.74, 6) is -0.926. The van der Waals surface area contributed by atoms with Gasteiger partial charge in [0.1, 0.15) is 5.82 Å². The van der Waals surface area contributed by atoms with Crippen molar-refractivity contribution >= 4 is 11.8 Å². The number of carbonyl (C=O) groups excluding carboxylic acids is 2. The highest BCUT2D eigenvalue weighted by atomic mass is 19.1. The summed E-state index contributed by atoms with van der Waals surface area (Å²) in [6.45, 7) is 3.01. The Bertz CT molecular complexity index is 1060. The Balaban J connectivity index is 1.33. The normalized spacial score (nSPS) is 14.5. The topological polar surface area (TPSA) is 80.1 Å². The maximum absolute atomic E-state index is 13.3. The molecule has 3 aromatic rings. The fourth-order valence-electron chi connectivity index (χ4n) is 3.47. The molecule has 154 valence electrons. The van der Waals surface area contributed by atoms with E-state index in [1.807, 2.05) is 31.2 Å². The van der Waals surface area contributed by atoms with Crippen molar-refractivity contribution in [2.75, 3.05) is 13.1 Å². The van der Waals surface area contributed by atoms with Crippen LogP contribution < -0.4 is 5.32 Å². The second kappa shape index (κ2) is 8.44. The molecular formula is C22H22FN5O2. The number of carbonyl (C=O) groups is 2. The molecule has 1 saturated heterocycles. The number of amides is 2. The van der Waals surface area contributed by atoms with Crippen LogP contribution in [0.15, 0.2) is 54.7 Å². The number of aromatic nitrogens is 3. The number of hydrogen-bond acceptors (Lipinski definition) is 4. The van der Waals surface area contributed by atoms with Gasteiger partial charge in [0, 0.05) is 24.7 Å². The molecule has 0 bridgehead atoms. The van der Waals surface area contributed by atoms with Gasteiger partial charge in [0.25, 0.3) is 11.8 Å². The predicted octanol–water partition coefficient (Wildman–Crippen LogP) is 2.75. The van der Waals surface area contributed by atoms with E-state index in [2.05, 4.69) is 15.6 Å². The number of nitrogens with zero attached hydrogens (tertiary/aromatic N) is 4. The summed E-state index contributed by atoms with van der Waals surface area (Å²) in [5.41, 5.74) is 2.56. The van der Waals surface area contributed by atoms with Crippen LogP contribution in [0.4, 0.5) is 4.39 Å². The zero-order valence-corrected chi connectivity index (χ0v) is 16.6. The zero-order valence-electron chi connectivity index (χ0n) is 16.6. The molecule has 7 nitrogen and oxygen atoms in total. The second-order valence-corrected chi connectivity index (χ2v) is 7.43. The lowest BCUT2D eigenvalue weighted by Crippen LogP contribution is -2.46. The molecule has 30 heavy (non-hydrogen) atoms. The molecule has 2 heterocycles. The minimum atomic E-state index is -0.443. The van der Waals surface area contributed by atoms with E-state index in [-0.39, 0.29) is 23.6 Å². The number of likely N-dealkylation sites (tertiary alicyclic amines) is 1. The predicted molar refractivity (Wildman–Crippen MR) is 109 cm³/mol. The average molecular weight is 407 g/mol. The number of nitrogens with one attached hydrogen (secondary N) is 1. The largest absolute Gasteiger partial charge is 0.349 e. The number of piperidine rings is 1. The second-order valence-electron chi connectivity index (χ2n) is 7.43. The summed E-state index contributed by atoms with van der Waals surface area (Å²) >= 11 is 0. The van der Waals surface area contributed by atoms with Crippen molar-refractivity contribution in [2.45, 2.75) is 25.8 Å². The third-order valence-electron chi connectivity index (χ3n) is 5.22. The standard InChI is InChI=1S/C22H22FN5O2/c1-15-5-7-19(8-6-15)28-14-20(25-26-28)22(30)27-11-9-18(10-12-27)24-21(29)16-3-2-4-17(23)13-16/h2-8,13-14,18H,9-12H2,1H3,(H,24,29). The first-order valence-corrected chi connectivity index (χ1v) is 9.85. The number of benzene rings is 2. The SMILES string of the molecule is Cc1ccc(-n2cc(C(=O)N3CCC(NC(=O)c4cccc(F)c4)CC3)nn2)cc1. The van der Waals surface area contributed by atoms with Crippen LogP contribution >= 0.6 is 0 Å². The number of hydrogen-bond donors (Lipinski definition) is 1. The minimum absolute atomic E-state index is 0.0620. The molecule has 0 radical (unpaired) electrons. The van der Waals surface area contributed by atoms with Gasteiger partial charge in [-0.25, -0.2) is 9.07 Å². The molecule has 0 atom stereocenters. The van der Waals surface area contributed by atoms with Gasteiger partial charge in [0.2, 0.25) is 0 Å². The lowest BCUT2D eigenvalue weighted by atomic mass is 10.0. The van der Waals surface area contributed by atoms with Crippen LogP contribution in [0.5, 0.6) is 0 Å². The van der Waals surface area contributed by atoms with Crippen LogP contribution in [0, 0.1) is 12.7 Å². The fourth-order valence-corrected chi connectivity index (χ4v) is 3.47. The molecule has 0 unspecified atom stereocenters. The van der Waals surface area contributed by atoms with Crippen molar-refractivity contribution in [3.8, 4) is 5.69 Å². The van der Waals surface area contributed by atoms with Crippen LogP contribution in [0.2, 0.25) is 0 Å². The van der Waals surface area contributed by atoms with Crippen molar-refractivity contribution < 1.29 is 14.0 Å². The van der Waals surface area contributed by atoms with Gasteiger partial charge in [0.15, 0.2) is 5.69 Å². The fraction of sp³-hybridized carbons (Fsp3) is 0.273. The van der Waals surface area contributed by atoms with E-state index in [1.54, 1.807) is 21.8 Å². The van der Waals surface area contributed by atoms with E-state index in [1.165, 1.54) is 18.2 Å². The van der Waals surface area contributed by atoms with E-state index in [0.29, 0.717) is 31.5 Å². The van der Waals surface area contributed by atoms with Gasteiger partial charge < -0.3 is 10.2 Å². The van der Waals surface area contributed by atoms with E-state index in [0.717, 1.165) is 11.3 Å². The highest BCUT2D eigenvalue weighted by molar-refractivity contribution is 5.94. The third-order valence-corrected chi connectivity index (χ3v) is 5.22. The molecule has 4 rings (SSSR count). The van der Waals surface area contributed by atoms with Gasteiger partial charge >= 0.3 is 0 Å². The van der Waals surface area contributed by atoms with Gasteiger partial charge in [-0.05, 0) is 50.1 Å². The Morgan fingerprint density at radius 1 is 1.10 bits per heavy atom. The molecule has 1 N–H and O–H groups in total. The number of halogens is 1. The monoisotopic (exact) mass is 407 g/mol. The molecular weight excluding hydrogens is 385 g/mol. The first-order valence-electron chi connectivity index (χ1n) is 9.85. The Morgan fingerprint density at radius 2 is 1.83 bits per heavy atom. The van der Waals surface area contributed by atoms with E-state index < -0.39 is 5.82 Å². The summed E-state index contributed by atoms with van der Waals surface area (Å²) in [6.07, 6.45) is 2.88.